The fourth-order valence-electron chi connectivity index (χ4n) is 6.12. The van der Waals surface area contributed by atoms with Crippen molar-refractivity contribution in [2.24, 2.45) is 17.6 Å². The van der Waals surface area contributed by atoms with E-state index in [1.807, 2.05) is 17.0 Å². The Morgan fingerprint density at radius 1 is 1.14 bits per heavy atom. The van der Waals surface area contributed by atoms with E-state index in [9.17, 15) is 15.0 Å². The minimum Gasteiger partial charge on any atom is -0.391 e. The van der Waals surface area contributed by atoms with Crippen molar-refractivity contribution in [3.05, 3.63) is 59.7 Å². The third-order valence-electron chi connectivity index (χ3n) is 8.25. The van der Waals surface area contributed by atoms with Gasteiger partial charge in [0.25, 0.3) is 0 Å². The summed E-state index contributed by atoms with van der Waals surface area (Å²) in [6.07, 6.45) is 4.37. The molecular weight excluding hydrogens is 452 g/mol. The number of nitrogens with zero attached hydrogens (tertiary/aromatic N) is 1. The highest BCUT2D eigenvalue weighted by molar-refractivity contribution is 5.79. The number of aliphatic hydroxyl groups is 2. The Balaban J connectivity index is 1.63. The first-order valence-corrected chi connectivity index (χ1v) is 13.4. The Bertz CT molecular complexity index is 1000. The summed E-state index contributed by atoms with van der Waals surface area (Å²) >= 11 is 0. The number of unbranched alkanes of at least 4 members (excludes halogenated alkanes) is 1. The first-order chi connectivity index (χ1) is 17.3. The van der Waals surface area contributed by atoms with Gasteiger partial charge in [-0.3, -0.25) is 4.79 Å². The van der Waals surface area contributed by atoms with Crippen LogP contribution < -0.4 is 5.73 Å². The number of amides is 1. The zero-order valence-corrected chi connectivity index (χ0v) is 21.7. The van der Waals surface area contributed by atoms with E-state index >= 15 is 0 Å². The smallest absolute Gasteiger partial charge is 0.225 e. The predicted molar refractivity (Wildman–Crippen MR) is 142 cm³/mol. The number of methoxy groups -OCH3 is 1. The number of piperidine rings is 1. The summed E-state index contributed by atoms with van der Waals surface area (Å²) in [5.74, 6) is -0.243. The van der Waals surface area contributed by atoms with Gasteiger partial charge in [0, 0.05) is 44.7 Å². The summed E-state index contributed by atoms with van der Waals surface area (Å²) in [6, 6.07) is 16.3. The second-order valence-corrected chi connectivity index (χ2v) is 10.8. The van der Waals surface area contributed by atoms with Gasteiger partial charge in [0.2, 0.25) is 5.91 Å². The molecule has 2 aliphatic rings. The van der Waals surface area contributed by atoms with Gasteiger partial charge in [0.15, 0.2) is 0 Å². The summed E-state index contributed by atoms with van der Waals surface area (Å²) < 4.78 is 5.27. The van der Waals surface area contributed by atoms with Crippen LogP contribution in [0.2, 0.25) is 0 Å². The molecule has 6 nitrogen and oxygen atoms in total. The summed E-state index contributed by atoms with van der Waals surface area (Å²) in [4.78, 5) is 15.3. The molecule has 1 amide bonds. The van der Waals surface area contributed by atoms with Crippen LogP contribution in [0.15, 0.2) is 48.5 Å². The molecular formula is C30H42N2O4. The molecule has 0 aromatic heterocycles. The van der Waals surface area contributed by atoms with Crippen LogP contribution >= 0.6 is 0 Å². The van der Waals surface area contributed by atoms with E-state index < -0.39 is 11.7 Å². The van der Waals surface area contributed by atoms with Crippen molar-refractivity contribution in [1.29, 1.82) is 0 Å². The van der Waals surface area contributed by atoms with Gasteiger partial charge < -0.3 is 25.6 Å². The molecule has 1 heterocycles. The number of carbonyl (C=O) groups excluding carboxylic acids is 1. The molecule has 2 aromatic carbocycles. The summed E-state index contributed by atoms with van der Waals surface area (Å²) in [5.41, 5.74) is 9.19. The molecule has 36 heavy (non-hydrogen) atoms. The number of aryl methyl sites for hydroxylation is 1. The maximum atomic E-state index is 13.4. The highest BCUT2D eigenvalue weighted by Crippen LogP contribution is 2.44. The molecule has 0 bridgehead atoms. The van der Waals surface area contributed by atoms with Crippen LogP contribution in [-0.2, 0) is 15.1 Å². The Morgan fingerprint density at radius 2 is 1.89 bits per heavy atom. The number of ether oxygens (including phenoxy) is 1. The van der Waals surface area contributed by atoms with E-state index in [0.29, 0.717) is 39.0 Å². The highest BCUT2D eigenvalue weighted by atomic mass is 16.5. The van der Waals surface area contributed by atoms with Crippen LogP contribution in [0.3, 0.4) is 0 Å². The van der Waals surface area contributed by atoms with Crippen molar-refractivity contribution in [3.63, 3.8) is 0 Å². The Hall–Kier alpha value is -2.25. The van der Waals surface area contributed by atoms with Crippen LogP contribution in [0.1, 0.15) is 56.1 Å². The number of rotatable bonds is 9. The predicted octanol–water partition coefficient (Wildman–Crippen LogP) is 4.00. The van der Waals surface area contributed by atoms with E-state index in [4.69, 9.17) is 10.5 Å². The molecule has 2 fully saturated rings. The van der Waals surface area contributed by atoms with Crippen molar-refractivity contribution >= 4 is 5.91 Å². The molecule has 0 spiro atoms. The van der Waals surface area contributed by atoms with E-state index in [1.54, 1.807) is 7.11 Å². The second-order valence-electron chi connectivity index (χ2n) is 10.8. The molecule has 5 atom stereocenters. The Kier molecular flexibility index (Phi) is 8.83. The van der Waals surface area contributed by atoms with Gasteiger partial charge in [-0.05, 0) is 68.6 Å². The highest BCUT2D eigenvalue weighted by Gasteiger charge is 2.44. The summed E-state index contributed by atoms with van der Waals surface area (Å²) in [5, 5.41) is 22.6. The Morgan fingerprint density at radius 3 is 2.58 bits per heavy atom. The molecule has 1 aliphatic heterocycles. The second kappa shape index (κ2) is 11.9. The van der Waals surface area contributed by atoms with Crippen LogP contribution in [0.25, 0.3) is 11.1 Å². The van der Waals surface area contributed by atoms with Crippen molar-refractivity contribution in [2.45, 2.75) is 69.6 Å². The molecule has 1 aliphatic carbocycles. The van der Waals surface area contributed by atoms with Crippen LogP contribution in [0.5, 0.6) is 0 Å². The molecule has 1 saturated carbocycles. The van der Waals surface area contributed by atoms with Crippen LogP contribution in [0, 0.1) is 18.8 Å². The molecule has 0 unspecified atom stereocenters. The lowest BCUT2D eigenvalue weighted by atomic mass is 9.72. The van der Waals surface area contributed by atoms with E-state index in [0.717, 1.165) is 42.4 Å². The zero-order valence-electron chi connectivity index (χ0n) is 21.7. The molecule has 1 saturated heterocycles. The van der Waals surface area contributed by atoms with E-state index in [-0.39, 0.29) is 23.8 Å². The topological polar surface area (TPSA) is 96.0 Å². The largest absolute Gasteiger partial charge is 0.391 e. The number of carbonyl (C=O) groups is 1. The number of nitrogens with two attached hydrogens (primary N) is 1. The van der Waals surface area contributed by atoms with Gasteiger partial charge in [-0.1, -0.05) is 54.1 Å². The summed E-state index contributed by atoms with van der Waals surface area (Å²) in [6.45, 7) is 3.95. The van der Waals surface area contributed by atoms with Gasteiger partial charge in [-0.25, -0.2) is 0 Å². The van der Waals surface area contributed by atoms with Gasteiger partial charge in [-0.15, -0.1) is 0 Å². The fraction of sp³-hybridized carbons (Fsp3) is 0.567. The van der Waals surface area contributed by atoms with Crippen LogP contribution in [0.4, 0.5) is 0 Å². The van der Waals surface area contributed by atoms with Gasteiger partial charge in [0.05, 0.1) is 11.7 Å². The number of hydrogen-bond acceptors (Lipinski definition) is 5. The van der Waals surface area contributed by atoms with Gasteiger partial charge in [0.1, 0.15) is 0 Å². The molecule has 2 aromatic rings. The Labute approximate surface area is 215 Å². The SMILES string of the molecule is COCCCC[C@@](O)(c1ccccc1-c1ccc(C)cc1)[C@@H]1CCCN(C(=O)[C@H]2C[C@@H](N)[C@@H](O)C2)C1. The van der Waals surface area contributed by atoms with Gasteiger partial charge >= 0.3 is 0 Å². The lowest BCUT2D eigenvalue weighted by molar-refractivity contribution is -0.141. The quantitative estimate of drug-likeness (QED) is 0.458. The monoisotopic (exact) mass is 494 g/mol. The average Bonchev–Trinajstić information content (AvgIpc) is 3.24. The van der Waals surface area contributed by atoms with Crippen molar-refractivity contribution in [3.8, 4) is 11.1 Å². The minimum atomic E-state index is -1.07. The maximum Gasteiger partial charge on any atom is 0.225 e. The van der Waals surface area contributed by atoms with Crippen LogP contribution in [-0.4, -0.2) is 60.0 Å². The number of hydrogen-bond donors (Lipinski definition) is 3. The molecule has 196 valence electrons. The van der Waals surface area contributed by atoms with Crippen molar-refractivity contribution in [1.82, 2.24) is 4.90 Å². The molecule has 4 rings (SSSR count). The number of aliphatic hydroxyl groups excluding tert-OH is 1. The first-order valence-electron chi connectivity index (χ1n) is 13.4. The lowest BCUT2D eigenvalue weighted by Crippen LogP contribution is -2.49. The normalized spacial score (nSPS) is 26.1. The van der Waals surface area contributed by atoms with Crippen molar-refractivity contribution < 1.29 is 19.7 Å². The number of likely N-dealkylation sites (tertiary alicyclic amines) is 1. The van der Waals surface area contributed by atoms with E-state index in [1.165, 1.54) is 5.56 Å². The minimum absolute atomic E-state index is 0.0697. The third kappa shape index (κ3) is 5.83. The zero-order chi connectivity index (χ0) is 25.7. The molecule has 0 radical (unpaired) electrons. The average molecular weight is 495 g/mol. The number of benzene rings is 2. The van der Waals surface area contributed by atoms with E-state index in [2.05, 4.69) is 43.3 Å². The third-order valence-corrected chi connectivity index (χ3v) is 8.25. The standard InChI is InChI=1S/C30H42N2O4/c1-21-11-13-22(14-12-21)25-9-3-4-10-26(25)30(35,15-5-6-17-36-2)24-8-7-16-32(20-24)29(34)23-18-27(31)28(33)19-23/h3-4,9-14,23-24,27-28,33,35H,5-8,15-20,31H2,1-2H3/t23-,24+,27+,28-,30-/m0/s1. The molecule has 6 heteroatoms. The maximum absolute atomic E-state index is 13.4. The van der Waals surface area contributed by atoms with Crippen molar-refractivity contribution in [2.75, 3.05) is 26.8 Å². The summed E-state index contributed by atoms with van der Waals surface area (Å²) in [7, 11) is 1.70. The lowest BCUT2D eigenvalue weighted by Gasteiger charge is -2.44. The fourth-order valence-corrected chi connectivity index (χ4v) is 6.12. The van der Waals surface area contributed by atoms with Gasteiger partial charge in [-0.2, -0.15) is 0 Å². The first kappa shape index (κ1) is 26.8. The molecule has 4 N–H and O–H groups in total.